The predicted octanol–water partition coefficient (Wildman–Crippen LogP) is 5.01. The van der Waals surface area contributed by atoms with Crippen molar-refractivity contribution >= 4 is 17.5 Å². The predicted molar refractivity (Wildman–Crippen MR) is 116 cm³/mol. The van der Waals surface area contributed by atoms with E-state index >= 15 is 0 Å². The monoisotopic (exact) mass is 404 g/mol. The molecule has 0 heterocycles. The summed E-state index contributed by atoms with van der Waals surface area (Å²) >= 11 is 0. The molecule has 0 saturated carbocycles. The van der Waals surface area contributed by atoms with Crippen molar-refractivity contribution in [2.45, 2.75) is 19.8 Å². The normalized spacial score (nSPS) is 10.3. The molecular weight excluding hydrogens is 380 g/mol. The first-order chi connectivity index (χ1) is 14.6. The fourth-order valence-corrected chi connectivity index (χ4v) is 2.71. The van der Waals surface area contributed by atoms with E-state index in [4.69, 9.17) is 15.2 Å². The highest BCUT2D eigenvalue weighted by molar-refractivity contribution is 6.05. The zero-order chi connectivity index (χ0) is 21.3. The maximum Gasteiger partial charge on any atom is 0.255 e. The molecule has 6 nitrogen and oxygen atoms in total. The molecule has 0 aliphatic rings. The number of nitrogens with two attached hydrogens (primary N) is 1. The number of rotatable bonds is 9. The first-order valence-electron chi connectivity index (χ1n) is 9.78. The number of nitrogens with one attached hydrogen (secondary N) is 1. The smallest absolute Gasteiger partial charge is 0.255 e. The summed E-state index contributed by atoms with van der Waals surface area (Å²) in [4.78, 5) is 23.7. The molecule has 6 heteroatoms. The molecule has 0 saturated heterocycles. The number of para-hydroxylation sites is 2. The molecule has 0 bridgehead atoms. The number of hydrogen-bond acceptors (Lipinski definition) is 4. The van der Waals surface area contributed by atoms with E-state index in [-0.39, 0.29) is 5.91 Å². The second-order valence-electron chi connectivity index (χ2n) is 6.67. The number of benzene rings is 3. The van der Waals surface area contributed by atoms with E-state index in [0.29, 0.717) is 40.7 Å². The summed E-state index contributed by atoms with van der Waals surface area (Å²) in [6.07, 6.45) is 1.99. The summed E-state index contributed by atoms with van der Waals surface area (Å²) in [7, 11) is 0. The van der Waals surface area contributed by atoms with Gasteiger partial charge in [0.15, 0.2) is 0 Å². The van der Waals surface area contributed by atoms with Crippen LogP contribution in [0, 0.1) is 0 Å². The molecule has 154 valence electrons. The molecule has 0 radical (unpaired) electrons. The van der Waals surface area contributed by atoms with Gasteiger partial charge in [0.1, 0.15) is 17.2 Å². The van der Waals surface area contributed by atoms with Gasteiger partial charge in [-0.1, -0.05) is 25.5 Å². The van der Waals surface area contributed by atoms with Crippen molar-refractivity contribution < 1.29 is 19.1 Å². The van der Waals surface area contributed by atoms with E-state index in [2.05, 4.69) is 12.2 Å². The second kappa shape index (κ2) is 10.1. The number of carbonyl (C=O) groups is 2. The first-order valence-corrected chi connectivity index (χ1v) is 9.78. The van der Waals surface area contributed by atoms with Crippen molar-refractivity contribution in [1.29, 1.82) is 0 Å². The summed E-state index contributed by atoms with van der Waals surface area (Å²) < 4.78 is 11.5. The Bertz CT molecular complexity index is 998. The third kappa shape index (κ3) is 5.61. The van der Waals surface area contributed by atoms with Gasteiger partial charge in [0.25, 0.3) is 5.91 Å². The fourth-order valence-electron chi connectivity index (χ4n) is 2.71. The Morgan fingerprint density at radius 3 is 2.07 bits per heavy atom. The third-order valence-corrected chi connectivity index (χ3v) is 4.38. The van der Waals surface area contributed by atoms with E-state index in [1.807, 2.05) is 24.3 Å². The van der Waals surface area contributed by atoms with E-state index in [1.165, 1.54) is 0 Å². The Morgan fingerprint density at radius 2 is 1.47 bits per heavy atom. The molecule has 2 amide bonds. The Morgan fingerprint density at radius 1 is 0.867 bits per heavy atom. The van der Waals surface area contributed by atoms with Crippen LogP contribution >= 0.6 is 0 Å². The minimum Gasteiger partial charge on any atom is -0.491 e. The summed E-state index contributed by atoms with van der Waals surface area (Å²) in [5.74, 6) is 1.06. The molecule has 0 fully saturated rings. The van der Waals surface area contributed by atoms with Crippen LogP contribution in [0.2, 0.25) is 0 Å². The zero-order valence-corrected chi connectivity index (χ0v) is 16.8. The van der Waals surface area contributed by atoms with Gasteiger partial charge in [0.05, 0.1) is 12.3 Å². The number of anilines is 1. The van der Waals surface area contributed by atoms with Crippen LogP contribution in [-0.2, 0) is 0 Å². The van der Waals surface area contributed by atoms with Crippen LogP contribution < -0.4 is 20.5 Å². The summed E-state index contributed by atoms with van der Waals surface area (Å²) in [5, 5.41) is 2.89. The van der Waals surface area contributed by atoms with Crippen molar-refractivity contribution in [2.24, 2.45) is 5.73 Å². The summed E-state index contributed by atoms with van der Waals surface area (Å²) in [6, 6.07) is 20.7. The van der Waals surface area contributed by atoms with Crippen LogP contribution in [0.25, 0.3) is 0 Å². The Kier molecular flexibility index (Phi) is 7.05. The minimum absolute atomic E-state index is 0.237. The molecule has 0 spiro atoms. The number of hydrogen-bond donors (Lipinski definition) is 2. The maximum atomic E-state index is 12.6. The molecule has 3 rings (SSSR count). The van der Waals surface area contributed by atoms with Crippen molar-refractivity contribution in [1.82, 2.24) is 0 Å². The number of primary amides is 1. The highest BCUT2D eigenvalue weighted by Crippen LogP contribution is 2.26. The quantitative estimate of drug-likeness (QED) is 0.491. The van der Waals surface area contributed by atoms with Gasteiger partial charge in [-0.25, -0.2) is 0 Å². The topological polar surface area (TPSA) is 90.7 Å². The van der Waals surface area contributed by atoms with E-state index < -0.39 is 5.91 Å². The Balaban J connectivity index is 1.63. The van der Waals surface area contributed by atoms with Gasteiger partial charge in [-0.3, -0.25) is 9.59 Å². The number of carbonyl (C=O) groups excluding carboxylic acids is 2. The van der Waals surface area contributed by atoms with Crippen LogP contribution in [0.5, 0.6) is 17.2 Å². The number of ether oxygens (including phenoxy) is 2. The molecule has 0 aliphatic carbocycles. The lowest BCUT2D eigenvalue weighted by Crippen LogP contribution is -2.13. The summed E-state index contributed by atoms with van der Waals surface area (Å²) in [6.45, 7) is 2.70. The van der Waals surface area contributed by atoms with Gasteiger partial charge in [0, 0.05) is 11.1 Å². The lowest BCUT2D eigenvalue weighted by Gasteiger charge is -2.12. The molecule has 0 atom stereocenters. The molecule has 0 aromatic heterocycles. The SMILES string of the molecule is CCCCOc1ccccc1NC(=O)c1ccc(Oc2ccc(C(N)=O)cc2)cc1. The van der Waals surface area contributed by atoms with Crippen LogP contribution in [-0.4, -0.2) is 18.4 Å². The standard InChI is InChI=1S/C24H24N2O4/c1-2-3-16-29-22-7-5-4-6-21(22)26-24(28)18-10-14-20(15-11-18)30-19-12-8-17(9-13-19)23(25)27/h4-15H,2-3,16H2,1H3,(H2,25,27)(H,26,28). The average molecular weight is 404 g/mol. The minimum atomic E-state index is -0.491. The zero-order valence-electron chi connectivity index (χ0n) is 16.8. The highest BCUT2D eigenvalue weighted by atomic mass is 16.5. The van der Waals surface area contributed by atoms with Gasteiger partial charge in [-0.2, -0.15) is 0 Å². The van der Waals surface area contributed by atoms with Gasteiger partial charge in [-0.15, -0.1) is 0 Å². The number of unbranched alkanes of at least 4 members (excludes halogenated alkanes) is 1. The fraction of sp³-hybridized carbons (Fsp3) is 0.167. The van der Waals surface area contributed by atoms with Crippen molar-refractivity contribution in [3.05, 3.63) is 83.9 Å². The van der Waals surface area contributed by atoms with E-state index in [0.717, 1.165) is 12.8 Å². The van der Waals surface area contributed by atoms with Crippen LogP contribution in [0.4, 0.5) is 5.69 Å². The van der Waals surface area contributed by atoms with Crippen LogP contribution in [0.3, 0.4) is 0 Å². The molecule has 3 N–H and O–H groups in total. The largest absolute Gasteiger partial charge is 0.491 e. The number of amides is 2. The Hall–Kier alpha value is -3.80. The lowest BCUT2D eigenvalue weighted by atomic mass is 10.2. The van der Waals surface area contributed by atoms with E-state index in [9.17, 15) is 9.59 Å². The maximum absolute atomic E-state index is 12.6. The highest BCUT2D eigenvalue weighted by Gasteiger charge is 2.10. The van der Waals surface area contributed by atoms with Gasteiger partial charge < -0.3 is 20.5 Å². The van der Waals surface area contributed by atoms with Gasteiger partial charge >= 0.3 is 0 Å². The van der Waals surface area contributed by atoms with Gasteiger partial charge in [-0.05, 0) is 67.1 Å². The Labute approximate surface area is 175 Å². The molecular formula is C24H24N2O4. The molecule has 3 aromatic carbocycles. The first kappa shape index (κ1) is 20.9. The van der Waals surface area contributed by atoms with Crippen molar-refractivity contribution in [3.63, 3.8) is 0 Å². The molecule has 0 unspecified atom stereocenters. The lowest BCUT2D eigenvalue weighted by molar-refractivity contribution is 0.0997. The van der Waals surface area contributed by atoms with Crippen molar-refractivity contribution in [2.75, 3.05) is 11.9 Å². The average Bonchev–Trinajstić information content (AvgIpc) is 2.76. The third-order valence-electron chi connectivity index (χ3n) is 4.38. The van der Waals surface area contributed by atoms with Crippen molar-refractivity contribution in [3.8, 4) is 17.2 Å². The van der Waals surface area contributed by atoms with E-state index in [1.54, 1.807) is 48.5 Å². The summed E-state index contributed by atoms with van der Waals surface area (Å²) in [5.41, 5.74) is 6.77. The molecule has 0 aliphatic heterocycles. The van der Waals surface area contributed by atoms with Crippen LogP contribution in [0.15, 0.2) is 72.8 Å². The van der Waals surface area contributed by atoms with Crippen LogP contribution in [0.1, 0.15) is 40.5 Å². The van der Waals surface area contributed by atoms with Gasteiger partial charge in [0.2, 0.25) is 5.91 Å². The molecule has 30 heavy (non-hydrogen) atoms. The molecule has 3 aromatic rings. The second-order valence-corrected chi connectivity index (χ2v) is 6.67.